The number of phenols is 2. The Balaban J connectivity index is 0.000000824. The van der Waals surface area contributed by atoms with Gasteiger partial charge < -0.3 is 29.9 Å². The number of aromatic hydroxyl groups is 2. The molecule has 0 aliphatic rings. The third kappa shape index (κ3) is 9.97. The Morgan fingerprint density at radius 1 is 0.949 bits per heavy atom. The van der Waals surface area contributed by atoms with Crippen LogP contribution in [0.25, 0.3) is 0 Å². The minimum atomic E-state index is -1.26. The fraction of sp³-hybridized carbons (Fsp3) is 0.414. The first-order chi connectivity index (χ1) is 18.1. The summed E-state index contributed by atoms with van der Waals surface area (Å²) in [7, 11) is 1.95. The number of carboxylic acid groups (broad SMARTS) is 2. The predicted molar refractivity (Wildman–Crippen MR) is 147 cm³/mol. The van der Waals surface area contributed by atoms with E-state index in [1.807, 2.05) is 40.8 Å². The van der Waals surface area contributed by atoms with Crippen LogP contribution in [0.4, 0.5) is 0 Å². The minimum absolute atomic E-state index is 0.231. The summed E-state index contributed by atoms with van der Waals surface area (Å²) in [5, 5.41) is 36.3. The van der Waals surface area contributed by atoms with Crippen LogP contribution in [0.1, 0.15) is 60.1 Å². The second kappa shape index (κ2) is 14.8. The van der Waals surface area contributed by atoms with Gasteiger partial charge in [-0.05, 0) is 69.5 Å². The third-order valence-electron chi connectivity index (χ3n) is 6.06. The van der Waals surface area contributed by atoms with Gasteiger partial charge in [0, 0.05) is 48.9 Å². The Bertz CT molecular complexity index is 1220. The van der Waals surface area contributed by atoms with Crippen molar-refractivity contribution < 1.29 is 44.3 Å². The highest BCUT2D eigenvalue weighted by molar-refractivity contribution is 5.89. The molecular formula is C29H39NO9. The van der Waals surface area contributed by atoms with Crippen molar-refractivity contribution in [2.75, 3.05) is 20.2 Å². The number of benzene rings is 2. The van der Waals surface area contributed by atoms with Crippen molar-refractivity contribution in [1.29, 1.82) is 0 Å². The monoisotopic (exact) mass is 545 g/mol. The van der Waals surface area contributed by atoms with Gasteiger partial charge in [0.15, 0.2) is 0 Å². The molecule has 0 spiro atoms. The number of aryl methyl sites for hydroxylation is 1. The molecule has 214 valence electrons. The average molecular weight is 546 g/mol. The van der Waals surface area contributed by atoms with Gasteiger partial charge >= 0.3 is 17.9 Å². The quantitative estimate of drug-likeness (QED) is 0.189. The zero-order valence-electron chi connectivity index (χ0n) is 23.8. The highest BCUT2D eigenvalue weighted by atomic mass is 16.5. The van der Waals surface area contributed by atoms with Crippen molar-refractivity contribution in [3.63, 3.8) is 0 Å². The molecule has 0 unspecified atom stereocenters. The van der Waals surface area contributed by atoms with Crippen LogP contribution in [-0.4, -0.2) is 63.4 Å². The lowest BCUT2D eigenvalue weighted by atomic mass is 9.97. The van der Waals surface area contributed by atoms with Gasteiger partial charge in [-0.3, -0.25) is 9.69 Å². The van der Waals surface area contributed by atoms with Crippen molar-refractivity contribution in [1.82, 2.24) is 4.90 Å². The molecule has 0 saturated heterocycles. The molecule has 0 saturated carbocycles. The van der Waals surface area contributed by atoms with E-state index in [1.54, 1.807) is 6.07 Å². The van der Waals surface area contributed by atoms with Gasteiger partial charge in [0.25, 0.3) is 0 Å². The van der Waals surface area contributed by atoms with Crippen LogP contribution in [-0.2, 0) is 20.9 Å². The second-order valence-electron chi connectivity index (χ2n) is 9.55. The Hall–Kier alpha value is -4.05. The normalized spacial score (nSPS) is 10.9. The first kappa shape index (κ1) is 33.0. The van der Waals surface area contributed by atoms with Crippen LogP contribution in [0.2, 0.25) is 0 Å². The average Bonchev–Trinajstić information content (AvgIpc) is 2.84. The first-order valence-electron chi connectivity index (χ1n) is 12.3. The summed E-state index contributed by atoms with van der Waals surface area (Å²) in [5.74, 6) is -0.861. The molecule has 2 aromatic carbocycles. The van der Waals surface area contributed by atoms with Gasteiger partial charge in [0.2, 0.25) is 0 Å². The molecule has 0 bridgehead atoms. The summed E-state index contributed by atoms with van der Waals surface area (Å²) in [6.45, 7) is 14.5. The number of carbonyl (C=O) groups is 3. The first-order valence-corrected chi connectivity index (χ1v) is 12.3. The topological polar surface area (TPSA) is 154 Å². The Kier molecular flexibility index (Phi) is 12.5. The van der Waals surface area contributed by atoms with Crippen LogP contribution in [0, 0.1) is 27.7 Å². The number of carboxylic acids is 2. The fourth-order valence-electron chi connectivity index (χ4n) is 3.73. The van der Waals surface area contributed by atoms with Crippen molar-refractivity contribution in [2.45, 2.75) is 60.9 Å². The minimum Gasteiger partial charge on any atom is -0.508 e. The number of esters is 1. The highest BCUT2D eigenvalue weighted by Gasteiger charge is 2.20. The summed E-state index contributed by atoms with van der Waals surface area (Å²) in [6.07, 6.45) is 1.12. The molecule has 10 nitrogen and oxygen atoms in total. The summed E-state index contributed by atoms with van der Waals surface area (Å²) in [6, 6.07) is 3.64. The van der Waals surface area contributed by atoms with Gasteiger partial charge in [-0.1, -0.05) is 13.8 Å². The van der Waals surface area contributed by atoms with Crippen molar-refractivity contribution in [3.05, 3.63) is 57.7 Å². The molecule has 0 aliphatic carbocycles. The van der Waals surface area contributed by atoms with E-state index in [-0.39, 0.29) is 23.4 Å². The van der Waals surface area contributed by atoms with Crippen LogP contribution in [0.15, 0.2) is 24.3 Å². The van der Waals surface area contributed by atoms with E-state index < -0.39 is 11.9 Å². The maximum absolute atomic E-state index is 11.5. The van der Waals surface area contributed by atoms with Gasteiger partial charge in [-0.2, -0.15) is 0 Å². The molecular weight excluding hydrogens is 506 g/mol. The van der Waals surface area contributed by atoms with E-state index in [0.29, 0.717) is 43.2 Å². The Labute approximate surface area is 229 Å². The highest BCUT2D eigenvalue weighted by Crippen LogP contribution is 2.38. The number of aliphatic carboxylic acids is 2. The SMILES string of the molecule is CC(=O)Oc1c(C)c(C)c(O)c(CN(C)CCOc2cc(C)c(O)cc2C(C)C)c1C.O=C(O)/C=C/C(=O)O. The number of ether oxygens (including phenoxy) is 2. The van der Waals surface area contributed by atoms with Crippen LogP contribution in [0.3, 0.4) is 0 Å². The molecule has 10 heteroatoms. The lowest BCUT2D eigenvalue weighted by Gasteiger charge is -2.23. The molecule has 2 aromatic rings. The van der Waals surface area contributed by atoms with Gasteiger partial charge in [-0.25, -0.2) is 9.59 Å². The van der Waals surface area contributed by atoms with Crippen LogP contribution in [0.5, 0.6) is 23.0 Å². The number of phenolic OH excluding ortho intramolecular Hbond substituents is 2. The molecule has 2 rings (SSSR count). The van der Waals surface area contributed by atoms with Crippen LogP contribution >= 0.6 is 0 Å². The van der Waals surface area contributed by atoms with Crippen molar-refractivity contribution in [2.24, 2.45) is 0 Å². The zero-order valence-corrected chi connectivity index (χ0v) is 23.8. The standard InChI is InChI=1S/C25H35NO5.C4H4O4/c1-14(2)20-12-22(28)15(3)11-23(20)30-10-9-26(8)13-21-18(6)25(31-19(7)27)17(5)16(4)24(21)29;5-3(6)1-2-4(7)8/h11-12,14,28-29H,9-10,13H2,1-8H3;1-2H,(H,5,6)(H,7,8)/b;2-1+. The number of rotatable bonds is 10. The molecule has 0 aliphatic heterocycles. The lowest BCUT2D eigenvalue weighted by molar-refractivity contribution is -0.134. The maximum atomic E-state index is 11.5. The number of hydrogen-bond donors (Lipinski definition) is 4. The fourth-order valence-corrected chi connectivity index (χ4v) is 3.73. The van der Waals surface area contributed by atoms with Crippen molar-refractivity contribution >= 4 is 17.9 Å². The number of likely N-dealkylation sites (N-methyl/N-ethyl adjacent to an activating group) is 1. The van der Waals surface area contributed by atoms with Gasteiger partial charge in [0.05, 0.1) is 0 Å². The molecule has 4 N–H and O–H groups in total. The summed E-state index contributed by atoms with van der Waals surface area (Å²) in [4.78, 5) is 32.7. The molecule has 0 amide bonds. The Morgan fingerprint density at radius 3 is 2.00 bits per heavy atom. The lowest BCUT2D eigenvalue weighted by Crippen LogP contribution is -2.25. The molecule has 0 aromatic heterocycles. The molecule has 0 fully saturated rings. The smallest absolute Gasteiger partial charge is 0.328 e. The van der Waals surface area contributed by atoms with E-state index in [4.69, 9.17) is 19.7 Å². The molecule has 39 heavy (non-hydrogen) atoms. The van der Waals surface area contributed by atoms with E-state index in [1.165, 1.54) is 6.92 Å². The molecule has 0 heterocycles. The third-order valence-corrected chi connectivity index (χ3v) is 6.06. The van der Waals surface area contributed by atoms with E-state index in [0.717, 1.165) is 33.6 Å². The Morgan fingerprint density at radius 2 is 1.51 bits per heavy atom. The van der Waals surface area contributed by atoms with E-state index >= 15 is 0 Å². The summed E-state index contributed by atoms with van der Waals surface area (Å²) < 4.78 is 11.5. The van der Waals surface area contributed by atoms with Gasteiger partial charge in [0.1, 0.15) is 29.6 Å². The largest absolute Gasteiger partial charge is 0.508 e. The number of hydrogen-bond acceptors (Lipinski definition) is 8. The van der Waals surface area contributed by atoms with Gasteiger partial charge in [-0.15, -0.1) is 0 Å². The predicted octanol–water partition coefficient (Wildman–Crippen LogP) is 4.60. The summed E-state index contributed by atoms with van der Waals surface area (Å²) >= 11 is 0. The number of carbonyl (C=O) groups excluding carboxylic acids is 1. The molecule has 0 radical (unpaired) electrons. The van der Waals surface area contributed by atoms with E-state index in [9.17, 15) is 24.6 Å². The van der Waals surface area contributed by atoms with E-state index in [2.05, 4.69) is 18.7 Å². The number of nitrogens with zero attached hydrogens (tertiary/aromatic N) is 1. The van der Waals surface area contributed by atoms with Crippen molar-refractivity contribution in [3.8, 4) is 23.0 Å². The second-order valence-corrected chi connectivity index (χ2v) is 9.55. The maximum Gasteiger partial charge on any atom is 0.328 e. The molecule has 0 atom stereocenters. The van der Waals surface area contributed by atoms with Crippen LogP contribution < -0.4 is 9.47 Å². The summed E-state index contributed by atoms with van der Waals surface area (Å²) in [5.41, 5.74) is 4.73. The zero-order chi connectivity index (χ0) is 30.0.